The molecule has 0 bridgehead atoms. The van der Waals surface area contributed by atoms with Crippen LogP contribution in [0.25, 0.3) is 0 Å². The molecule has 7 heteroatoms. The summed E-state index contributed by atoms with van der Waals surface area (Å²) in [5.41, 5.74) is 1.97. The van der Waals surface area contributed by atoms with Gasteiger partial charge in [-0.05, 0) is 31.0 Å². The van der Waals surface area contributed by atoms with E-state index in [1.807, 2.05) is 32.0 Å². The summed E-state index contributed by atoms with van der Waals surface area (Å²) in [5.74, 6) is 0.635. The summed E-state index contributed by atoms with van der Waals surface area (Å²) in [4.78, 5) is 0. The first-order valence-corrected chi connectivity index (χ1v) is 6.56. The molecule has 17 heavy (non-hydrogen) atoms. The van der Waals surface area contributed by atoms with Gasteiger partial charge in [0.15, 0.2) is 6.11 Å². The maximum absolute atomic E-state index is 10.1. The fraction of sp³-hybridized carbons (Fsp3) is 0.200. The van der Waals surface area contributed by atoms with Gasteiger partial charge in [-0.25, -0.2) is 0 Å². The first-order valence-electron chi connectivity index (χ1n) is 4.45. The van der Waals surface area contributed by atoms with E-state index in [0.29, 0.717) is 17.8 Å². The third-order valence-electron chi connectivity index (χ3n) is 1.71. The molecule has 1 aromatic rings. The van der Waals surface area contributed by atoms with Gasteiger partial charge in [0.05, 0.1) is 5.25 Å². The van der Waals surface area contributed by atoms with E-state index >= 15 is 0 Å². The van der Waals surface area contributed by atoms with Crippen LogP contribution in [0.1, 0.15) is 11.1 Å². The molecule has 92 valence electrons. The van der Waals surface area contributed by atoms with E-state index in [0.717, 1.165) is 11.1 Å². The Hall–Kier alpha value is -1.36. The van der Waals surface area contributed by atoms with Gasteiger partial charge in [-0.1, -0.05) is 12.1 Å². The van der Waals surface area contributed by atoms with E-state index < -0.39 is 10.4 Å². The molecule has 0 fully saturated rings. The molecule has 0 heterocycles. The number of aryl methyl sites for hydroxylation is 2. The summed E-state index contributed by atoms with van der Waals surface area (Å²) in [6.45, 7) is 3.79. The topological polar surface area (TPSA) is 72.8 Å². The van der Waals surface area contributed by atoms with Crippen LogP contribution in [-0.2, 0) is 14.6 Å². The van der Waals surface area contributed by atoms with Crippen molar-refractivity contribution in [2.24, 2.45) is 0 Å². The number of rotatable bonds is 3. The molecule has 0 aromatic heterocycles. The molecule has 0 aliphatic rings. The molecule has 1 N–H and O–H groups in total. The molecule has 1 rings (SSSR count). The van der Waals surface area contributed by atoms with Crippen molar-refractivity contribution < 1.29 is 21.3 Å². The zero-order valence-electron chi connectivity index (χ0n) is 9.13. The quantitative estimate of drug-likeness (QED) is 0.517. The van der Waals surface area contributed by atoms with Gasteiger partial charge < -0.3 is 8.37 Å². The maximum Gasteiger partial charge on any atom is 0.454 e. The van der Waals surface area contributed by atoms with Crippen LogP contribution in [-0.4, -0.2) is 13.0 Å². The summed E-state index contributed by atoms with van der Waals surface area (Å²) in [6, 6.07) is 5.67. The summed E-state index contributed by atoms with van der Waals surface area (Å²) in [6.07, 6.45) is 1.78. The highest BCUT2D eigenvalue weighted by Gasteiger charge is 2.01. The van der Waals surface area contributed by atoms with Crippen molar-refractivity contribution in [1.82, 2.24) is 0 Å². The summed E-state index contributed by atoms with van der Waals surface area (Å²) in [7, 11) is -4.53. The largest absolute Gasteiger partial charge is 0.454 e. The SMILES string of the molecule is Cc1ccc(C)c(OSC#COS(=O)(=O)O)c1. The number of hydrogen-bond donors (Lipinski definition) is 1. The van der Waals surface area contributed by atoms with Crippen molar-refractivity contribution in [2.75, 3.05) is 0 Å². The monoisotopic (exact) mass is 274 g/mol. The lowest BCUT2D eigenvalue weighted by atomic mass is 10.1. The molecule has 0 saturated heterocycles. The van der Waals surface area contributed by atoms with Crippen LogP contribution in [0.15, 0.2) is 18.2 Å². The van der Waals surface area contributed by atoms with Gasteiger partial charge in [-0.15, -0.1) is 0 Å². The van der Waals surface area contributed by atoms with Crippen molar-refractivity contribution in [3.8, 4) is 17.1 Å². The highest BCUT2D eigenvalue weighted by Crippen LogP contribution is 2.22. The van der Waals surface area contributed by atoms with Gasteiger partial charge >= 0.3 is 10.4 Å². The molecule has 5 nitrogen and oxygen atoms in total. The van der Waals surface area contributed by atoms with Gasteiger partial charge in [0.2, 0.25) is 0 Å². The van der Waals surface area contributed by atoms with E-state index in [-0.39, 0.29) is 0 Å². The van der Waals surface area contributed by atoms with Crippen LogP contribution in [0.5, 0.6) is 5.75 Å². The fourth-order valence-electron chi connectivity index (χ4n) is 0.949. The number of hydrogen-bond acceptors (Lipinski definition) is 5. The van der Waals surface area contributed by atoms with Crippen molar-refractivity contribution >= 4 is 22.4 Å². The Morgan fingerprint density at radius 3 is 2.71 bits per heavy atom. The zero-order valence-corrected chi connectivity index (χ0v) is 10.8. The minimum Gasteiger partial charge on any atom is -0.412 e. The molecule has 0 saturated carbocycles. The molecule has 1 aromatic carbocycles. The lowest BCUT2D eigenvalue weighted by Crippen LogP contribution is -1.97. The summed E-state index contributed by atoms with van der Waals surface area (Å²) in [5, 5.41) is 2.22. The fourth-order valence-corrected chi connectivity index (χ4v) is 1.54. The highest BCUT2D eigenvalue weighted by molar-refractivity contribution is 7.99. The molecule has 0 spiro atoms. The Kier molecular flexibility index (Phi) is 4.69. The second-order valence-corrected chi connectivity index (χ2v) is 4.71. The molecule has 0 aliphatic carbocycles. The average Bonchev–Trinajstić information content (AvgIpc) is 2.21. The van der Waals surface area contributed by atoms with Gasteiger partial charge in [0.1, 0.15) is 17.8 Å². The van der Waals surface area contributed by atoms with E-state index in [9.17, 15) is 8.42 Å². The molecule has 0 radical (unpaired) electrons. The number of benzene rings is 1. The van der Waals surface area contributed by atoms with Crippen LogP contribution in [0.2, 0.25) is 0 Å². The molecule has 0 aliphatic heterocycles. The lowest BCUT2D eigenvalue weighted by molar-refractivity contribution is 0.371. The van der Waals surface area contributed by atoms with Crippen LogP contribution in [0.4, 0.5) is 0 Å². The van der Waals surface area contributed by atoms with Gasteiger partial charge in [-0.2, -0.15) is 8.42 Å². The third kappa shape index (κ3) is 5.49. The highest BCUT2D eigenvalue weighted by atomic mass is 32.3. The Balaban J connectivity index is 2.54. The van der Waals surface area contributed by atoms with Crippen LogP contribution in [0, 0.1) is 25.2 Å². The predicted octanol–water partition coefficient (Wildman–Crippen LogP) is 2.07. The van der Waals surface area contributed by atoms with E-state index in [4.69, 9.17) is 8.74 Å². The van der Waals surface area contributed by atoms with Crippen LogP contribution in [0.3, 0.4) is 0 Å². The summed E-state index contributed by atoms with van der Waals surface area (Å²) >= 11 is 0.708. The zero-order chi connectivity index (χ0) is 12.9. The molecular formula is C10H10O5S2. The van der Waals surface area contributed by atoms with Crippen molar-refractivity contribution in [3.05, 3.63) is 29.3 Å². The molecule has 0 atom stereocenters. The average molecular weight is 274 g/mol. The van der Waals surface area contributed by atoms with Crippen molar-refractivity contribution in [3.63, 3.8) is 0 Å². The summed E-state index contributed by atoms with van der Waals surface area (Å²) < 4.78 is 37.5. The van der Waals surface area contributed by atoms with Gasteiger partial charge in [-0.3, -0.25) is 4.55 Å². The third-order valence-corrected chi connectivity index (χ3v) is 2.43. The minimum absolute atomic E-state index is 0.635. The van der Waals surface area contributed by atoms with Gasteiger partial charge in [0.25, 0.3) is 0 Å². The van der Waals surface area contributed by atoms with E-state index in [2.05, 4.69) is 9.44 Å². The standard InChI is InChI=1S/C10H10O5S2/c1-8-3-4-9(2)10(7-8)15-16-6-5-14-17(11,12)13/h3-4,7H,1-2H3,(H,11,12,13). The molecule has 0 amide bonds. The maximum atomic E-state index is 10.1. The first kappa shape index (κ1) is 13.7. The van der Waals surface area contributed by atoms with E-state index in [1.54, 1.807) is 6.11 Å². The van der Waals surface area contributed by atoms with Crippen molar-refractivity contribution in [1.29, 1.82) is 0 Å². The van der Waals surface area contributed by atoms with Crippen LogP contribution >= 0.6 is 12.0 Å². The Morgan fingerprint density at radius 2 is 2.06 bits per heavy atom. The first-order chi connectivity index (χ1) is 7.88. The predicted molar refractivity (Wildman–Crippen MR) is 64.5 cm³/mol. The Labute approximate surface area is 104 Å². The Bertz CT molecular complexity index is 554. The molecule has 0 unspecified atom stereocenters. The van der Waals surface area contributed by atoms with Crippen LogP contribution < -0.4 is 4.18 Å². The van der Waals surface area contributed by atoms with Gasteiger partial charge in [0, 0.05) is 0 Å². The second-order valence-electron chi connectivity index (χ2n) is 3.15. The normalized spacial score (nSPS) is 10.3. The second kappa shape index (κ2) is 5.82. The Morgan fingerprint density at radius 1 is 1.35 bits per heavy atom. The van der Waals surface area contributed by atoms with E-state index in [1.165, 1.54) is 0 Å². The minimum atomic E-state index is -4.53. The lowest BCUT2D eigenvalue weighted by Gasteiger charge is -2.04. The van der Waals surface area contributed by atoms with Crippen molar-refractivity contribution in [2.45, 2.75) is 13.8 Å². The smallest absolute Gasteiger partial charge is 0.412 e. The molecular weight excluding hydrogens is 264 g/mol.